The van der Waals surface area contributed by atoms with Gasteiger partial charge in [0.1, 0.15) is 11.6 Å². The van der Waals surface area contributed by atoms with Crippen LogP contribution < -0.4 is 10.1 Å². The third-order valence-corrected chi connectivity index (χ3v) is 2.66. The van der Waals surface area contributed by atoms with E-state index < -0.39 is 11.7 Å². The second kappa shape index (κ2) is 6.01. The Bertz CT molecular complexity index is 632. The molecule has 104 valence electrons. The lowest BCUT2D eigenvalue weighted by Crippen LogP contribution is -2.23. The Balaban J connectivity index is 2.06. The molecule has 0 saturated carbocycles. The number of phenols is 1. The third-order valence-electron chi connectivity index (χ3n) is 2.66. The maximum atomic E-state index is 13.1. The maximum absolute atomic E-state index is 13.1. The van der Waals surface area contributed by atoms with Gasteiger partial charge in [0.15, 0.2) is 0 Å². The molecule has 1 heterocycles. The lowest BCUT2D eigenvalue weighted by Gasteiger charge is -2.07. The Morgan fingerprint density at radius 1 is 1.40 bits per heavy atom. The number of carbonyl (C=O) groups excluding carboxylic acids is 1. The molecule has 0 saturated heterocycles. The molecule has 2 N–H and O–H groups in total. The number of rotatable bonds is 4. The van der Waals surface area contributed by atoms with Crippen LogP contribution in [0.5, 0.6) is 11.6 Å². The molecule has 5 nitrogen and oxygen atoms in total. The van der Waals surface area contributed by atoms with E-state index in [1.807, 2.05) is 0 Å². The topological polar surface area (TPSA) is 71.5 Å². The molecule has 2 aromatic rings. The van der Waals surface area contributed by atoms with Crippen LogP contribution in [0.4, 0.5) is 4.39 Å². The highest BCUT2D eigenvalue weighted by Gasteiger charge is 2.12. The number of carbonyl (C=O) groups is 1. The van der Waals surface area contributed by atoms with Gasteiger partial charge in [0.2, 0.25) is 5.88 Å². The molecule has 1 aromatic carbocycles. The molecule has 0 spiro atoms. The largest absolute Gasteiger partial charge is 0.507 e. The van der Waals surface area contributed by atoms with Gasteiger partial charge < -0.3 is 15.2 Å². The van der Waals surface area contributed by atoms with Crippen LogP contribution in [0.25, 0.3) is 0 Å². The molecule has 0 aliphatic carbocycles. The van der Waals surface area contributed by atoms with Crippen molar-refractivity contribution >= 4 is 5.91 Å². The van der Waals surface area contributed by atoms with Crippen molar-refractivity contribution in [2.45, 2.75) is 6.54 Å². The summed E-state index contributed by atoms with van der Waals surface area (Å²) in [6.45, 7) is 0.216. The number of pyridine rings is 1. The molecule has 0 bridgehead atoms. The van der Waals surface area contributed by atoms with E-state index in [1.54, 1.807) is 18.3 Å². The molecule has 1 aromatic heterocycles. The van der Waals surface area contributed by atoms with Crippen molar-refractivity contribution < 1.29 is 19.0 Å². The molecule has 20 heavy (non-hydrogen) atoms. The maximum Gasteiger partial charge on any atom is 0.255 e. The summed E-state index contributed by atoms with van der Waals surface area (Å²) in [4.78, 5) is 15.8. The summed E-state index contributed by atoms with van der Waals surface area (Å²) in [5, 5.41) is 12.1. The van der Waals surface area contributed by atoms with Crippen molar-refractivity contribution in [1.29, 1.82) is 0 Å². The van der Waals surface area contributed by atoms with Gasteiger partial charge in [-0.05, 0) is 29.8 Å². The smallest absolute Gasteiger partial charge is 0.255 e. The van der Waals surface area contributed by atoms with Gasteiger partial charge in [0, 0.05) is 18.8 Å². The van der Waals surface area contributed by atoms with Gasteiger partial charge in [-0.1, -0.05) is 0 Å². The number of ether oxygens (including phenoxy) is 1. The first-order chi connectivity index (χ1) is 9.60. The van der Waals surface area contributed by atoms with E-state index >= 15 is 0 Å². The Labute approximate surface area is 115 Å². The zero-order valence-corrected chi connectivity index (χ0v) is 10.8. The van der Waals surface area contributed by atoms with E-state index in [2.05, 4.69) is 10.3 Å². The number of methoxy groups -OCH3 is 1. The molecule has 6 heteroatoms. The molecular formula is C14H13FN2O3. The van der Waals surface area contributed by atoms with Crippen LogP contribution in [0, 0.1) is 5.82 Å². The van der Waals surface area contributed by atoms with E-state index in [-0.39, 0.29) is 17.9 Å². The Kier molecular flexibility index (Phi) is 4.14. The van der Waals surface area contributed by atoms with Gasteiger partial charge in [-0.25, -0.2) is 9.37 Å². The standard InChI is InChI=1S/C14H13FN2O3/c1-20-13-6-9(4-5-16-13)8-17-14(19)11-7-10(15)2-3-12(11)18/h2-7,18H,8H2,1H3,(H,17,19). The first-order valence-corrected chi connectivity index (χ1v) is 5.86. The number of nitrogens with zero attached hydrogens (tertiary/aromatic N) is 1. The number of aromatic nitrogens is 1. The Morgan fingerprint density at radius 2 is 2.20 bits per heavy atom. The molecular weight excluding hydrogens is 263 g/mol. The minimum atomic E-state index is -0.585. The summed E-state index contributed by atoms with van der Waals surface area (Å²) in [7, 11) is 1.50. The highest BCUT2D eigenvalue weighted by atomic mass is 19.1. The minimum Gasteiger partial charge on any atom is -0.507 e. The Hall–Kier alpha value is -2.63. The van der Waals surface area contributed by atoms with Crippen LogP contribution in [0.15, 0.2) is 36.5 Å². The van der Waals surface area contributed by atoms with Crippen molar-refractivity contribution in [3.05, 3.63) is 53.5 Å². The van der Waals surface area contributed by atoms with Crippen molar-refractivity contribution in [3.8, 4) is 11.6 Å². The van der Waals surface area contributed by atoms with Gasteiger partial charge >= 0.3 is 0 Å². The number of hydrogen-bond acceptors (Lipinski definition) is 4. The van der Waals surface area contributed by atoms with E-state index in [1.165, 1.54) is 7.11 Å². The third kappa shape index (κ3) is 3.23. The monoisotopic (exact) mass is 276 g/mol. The molecule has 2 rings (SSSR count). The first-order valence-electron chi connectivity index (χ1n) is 5.86. The fourth-order valence-corrected chi connectivity index (χ4v) is 1.64. The quantitative estimate of drug-likeness (QED) is 0.894. The molecule has 0 fully saturated rings. The molecule has 0 radical (unpaired) electrons. The van der Waals surface area contributed by atoms with Crippen molar-refractivity contribution in [1.82, 2.24) is 10.3 Å². The van der Waals surface area contributed by atoms with Crippen LogP contribution in [0.3, 0.4) is 0 Å². The van der Waals surface area contributed by atoms with Gasteiger partial charge in [0.25, 0.3) is 5.91 Å². The zero-order chi connectivity index (χ0) is 14.5. The fraction of sp³-hybridized carbons (Fsp3) is 0.143. The summed E-state index contributed by atoms with van der Waals surface area (Å²) < 4.78 is 18.0. The van der Waals surface area contributed by atoms with Crippen LogP contribution >= 0.6 is 0 Å². The van der Waals surface area contributed by atoms with Crippen molar-refractivity contribution in [3.63, 3.8) is 0 Å². The first kappa shape index (κ1) is 13.8. The lowest BCUT2D eigenvalue weighted by atomic mass is 10.1. The molecule has 0 aliphatic heterocycles. The highest BCUT2D eigenvalue weighted by molar-refractivity contribution is 5.96. The van der Waals surface area contributed by atoms with Gasteiger partial charge in [0.05, 0.1) is 12.7 Å². The fourth-order valence-electron chi connectivity index (χ4n) is 1.64. The summed E-state index contributed by atoms with van der Waals surface area (Å²) in [6.07, 6.45) is 1.56. The Morgan fingerprint density at radius 3 is 2.95 bits per heavy atom. The van der Waals surface area contributed by atoms with E-state index in [0.717, 1.165) is 23.8 Å². The van der Waals surface area contributed by atoms with Crippen molar-refractivity contribution in [2.75, 3.05) is 7.11 Å². The van der Waals surface area contributed by atoms with E-state index in [9.17, 15) is 14.3 Å². The molecule has 0 aliphatic rings. The minimum absolute atomic E-state index is 0.106. The number of nitrogens with one attached hydrogen (secondary N) is 1. The molecule has 0 unspecified atom stereocenters. The summed E-state index contributed by atoms with van der Waals surface area (Å²) in [5.74, 6) is -0.974. The average Bonchev–Trinajstić information content (AvgIpc) is 2.47. The second-order valence-corrected chi connectivity index (χ2v) is 4.05. The number of amides is 1. The van der Waals surface area contributed by atoms with Gasteiger partial charge in [-0.3, -0.25) is 4.79 Å². The predicted octanol–water partition coefficient (Wildman–Crippen LogP) is 1.86. The van der Waals surface area contributed by atoms with Crippen LogP contribution in [0.2, 0.25) is 0 Å². The second-order valence-electron chi connectivity index (χ2n) is 4.05. The number of hydrogen-bond donors (Lipinski definition) is 2. The summed E-state index contributed by atoms with van der Waals surface area (Å²) >= 11 is 0. The summed E-state index contributed by atoms with van der Waals surface area (Å²) in [5.41, 5.74) is 0.673. The van der Waals surface area contributed by atoms with Crippen LogP contribution in [-0.2, 0) is 6.54 Å². The number of benzene rings is 1. The van der Waals surface area contributed by atoms with Crippen molar-refractivity contribution in [2.24, 2.45) is 0 Å². The normalized spacial score (nSPS) is 10.1. The highest BCUT2D eigenvalue weighted by Crippen LogP contribution is 2.17. The number of phenolic OH excluding ortho intramolecular Hbond substituents is 1. The van der Waals surface area contributed by atoms with Crippen LogP contribution in [0.1, 0.15) is 15.9 Å². The number of aromatic hydroxyl groups is 1. The van der Waals surface area contributed by atoms with E-state index in [4.69, 9.17) is 4.74 Å². The lowest BCUT2D eigenvalue weighted by molar-refractivity contribution is 0.0947. The SMILES string of the molecule is COc1cc(CNC(=O)c2cc(F)ccc2O)ccn1. The summed E-state index contributed by atoms with van der Waals surface area (Å²) in [6, 6.07) is 6.59. The predicted molar refractivity (Wildman–Crippen MR) is 70.0 cm³/mol. The van der Waals surface area contributed by atoms with Crippen LogP contribution in [-0.4, -0.2) is 23.1 Å². The zero-order valence-electron chi connectivity index (χ0n) is 10.8. The van der Waals surface area contributed by atoms with E-state index in [0.29, 0.717) is 5.88 Å². The van der Waals surface area contributed by atoms with Gasteiger partial charge in [-0.2, -0.15) is 0 Å². The average molecular weight is 276 g/mol. The molecule has 0 atom stereocenters. The number of halogens is 1. The van der Waals surface area contributed by atoms with Gasteiger partial charge in [-0.15, -0.1) is 0 Å². The molecule has 1 amide bonds.